The van der Waals surface area contributed by atoms with Gasteiger partial charge < -0.3 is 15.5 Å². The Morgan fingerprint density at radius 1 is 1.45 bits per heavy atom. The van der Waals surface area contributed by atoms with Gasteiger partial charge in [0.15, 0.2) is 0 Å². The number of nitrogens with one attached hydrogen (secondary N) is 1. The second kappa shape index (κ2) is 4.70. The van der Waals surface area contributed by atoms with Gasteiger partial charge >= 0.3 is 0 Å². The maximum absolute atomic E-state index is 9.30. The first kappa shape index (κ1) is 10.9. The van der Waals surface area contributed by atoms with Crippen molar-refractivity contribution in [3.05, 3.63) is 0 Å². The normalized spacial score (nSPS) is 15.0. The maximum atomic E-state index is 9.30. The van der Waals surface area contributed by atoms with E-state index in [1.54, 1.807) is 13.8 Å². The van der Waals surface area contributed by atoms with Crippen LogP contribution >= 0.6 is 0 Å². The summed E-state index contributed by atoms with van der Waals surface area (Å²) in [5, 5.41) is 21.0. The van der Waals surface area contributed by atoms with E-state index in [4.69, 9.17) is 5.11 Å². The van der Waals surface area contributed by atoms with E-state index in [1.807, 2.05) is 6.92 Å². The van der Waals surface area contributed by atoms with Crippen LogP contribution in [0.1, 0.15) is 27.2 Å². The molecule has 68 valence electrons. The van der Waals surface area contributed by atoms with Crippen LogP contribution < -0.4 is 5.32 Å². The predicted octanol–water partition coefficient (Wildman–Crippen LogP) is 0.118. The second-order valence-electron chi connectivity index (χ2n) is 3.60. The average Bonchev–Trinajstić information content (AvgIpc) is 1.85. The second-order valence-corrected chi connectivity index (χ2v) is 3.60. The van der Waals surface area contributed by atoms with Gasteiger partial charge in [0.25, 0.3) is 0 Å². The van der Waals surface area contributed by atoms with E-state index in [0.717, 1.165) is 6.54 Å². The lowest BCUT2D eigenvalue weighted by atomic mass is 10.1. The Morgan fingerprint density at radius 2 is 2.00 bits per heavy atom. The molecule has 0 saturated carbocycles. The first-order valence-electron chi connectivity index (χ1n) is 4.02. The first-order chi connectivity index (χ1) is 4.95. The van der Waals surface area contributed by atoms with Crippen molar-refractivity contribution < 1.29 is 10.2 Å². The summed E-state index contributed by atoms with van der Waals surface area (Å²) in [6.45, 7) is 6.35. The zero-order valence-corrected chi connectivity index (χ0v) is 7.59. The van der Waals surface area contributed by atoms with Crippen molar-refractivity contribution >= 4 is 0 Å². The predicted molar refractivity (Wildman–Crippen MR) is 45.5 cm³/mol. The van der Waals surface area contributed by atoms with Crippen molar-refractivity contribution in [2.45, 2.75) is 38.8 Å². The van der Waals surface area contributed by atoms with Crippen LogP contribution in [0.3, 0.4) is 0 Å². The Hall–Kier alpha value is -0.120. The van der Waals surface area contributed by atoms with Crippen LogP contribution in [0.25, 0.3) is 0 Å². The molecule has 1 atom stereocenters. The van der Waals surface area contributed by atoms with Gasteiger partial charge in [-0.15, -0.1) is 0 Å². The van der Waals surface area contributed by atoms with Gasteiger partial charge in [0, 0.05) is 6.04 Å². The van der Waals surface area contributed by atoms with Gasteiger partial charge in [-0.25, -0.2) is 0 Å². The molecule has 3 nitrogen and oxygen atoms in total. The summed E-state index contributed by atoms with van der Waals surface area (Å²) < 4.78 is 0. The highest BCUT2D eigenvalue weighted by atomic mass is 16.3. The third-order valence-corrected chi connectivity index (χ3v) is 1.50. The molecule has 0 saturated heterocycles. The lowest BCUT2D eigenvalue weighted by Crippen LogP contribution is -2.34. The number of hydrogen-bond donors (Lipinski definition) is 3. The van der Waals surface area contributed by atoms with E-state index in [0.29, 0.717) is 6.42 Å². The topological polar surface area (TPSA) is 52.5 Å². The van der Waals surface area contributed by atoms with Crippen LogP contribution in [0.2, 0.25) is 0 Å². The summed E-state index contributed by atoms with van der Waals surface area (Å²) in [6, 6.07) is 0.123. The van der Waals surface area contributed by atoms with Crippen molar-refractivity contribution in [3.8, 4) is 0 Å². The number of rotatable bonds is 5. The van der Waals surface area contributed by atoms with Crippen molar-refractivity contribution in [1.29, 1.82) is 0 Å². The molecule has 0 aliphatic rings. The van der Waals surface area contributed by atoms with Crippen molar-refractivity contribution in [2.75, 3.05) is 13.2 Å². The Balaban J connectivity index is 3.28. The summed E-state index contributed by atoms with van der Waals surface area (Å²) in [7, 11) is 0. The Kier molecular flexibility index (Phi) is 4.65. The molecule has 3 heteroatoms. The number of hydrogen-bond acceptors (Lipinski definition) is 3. The lowest BCUT2D eigenvalue weighted by molar-refractivity contribution is 0.0697. The monoisotopic (exact) mass is 161 g/mol. The molecule has 0 heterocycles. The molecular formula is C8H19NO2. The molecule has 0 rings (SSSR count). The van der Waals surface area contributed by atoms with Gasteiger partial charge in [0.2, 0.25) is 0 Å². The SMILES string of the molecule is CC(CO)NCCC(C)(C)O. The van der Waals surface area contributed by atoms with Gasteiger partial charge in [-0.1, -0.05) is 0 Å². The van der Waals surface area contributed by atoms with Crippen molar-refractivity contribution in [1.82, 2.24) is 5.32 Å². The van der Waals surface area contributed by atoms with Crippen LogP contribution in [0.4, 0.5) is 0 Å². The van der Waals surface area contributed by atoms with E-state index in [2.05, 4.69) is 5.32 Å². The Bertz CT molecular complexity index is 98.8. The molecule has 1 unspecified atom stereocenters. The Labute approximate surface area is 68.4 Å². The quantitative estimate of drug-likeness (QED) is 0.537. The molecule has 0 amide bonds. The van der Waals surface area contributed by atoms with Gasteiger partial charge in [-0.3, -0.25) is 0 Å². The van der Waals surface area contributed by atoms with Crippen LogP contribution in [-0.4, -0.2) is 35.0 Å². The van der Waals surface area contributed by atoms with Gasteiger partial charge in [0.1, 0.15) is 0 Å². The zero-order valence-electron chi connectivity index (χ0n) is 7.59. The first-order valence-corrected chi connectivity index (χ1v) is 4.02. The van der Waals surface area contributed by atoms with Gasteiger partial charge in [-0.05, 0) is 33.7 Å². The maximum Gasteiger partial charge on any atom is 0.0603 e. The summed E-state index contributed by atoms with van der Waals surface area (Å²) in [6.07, 6.45) is 0.706. The summed E-state index contributed by atoms with van der Waals surface area (Å²) in [5.74, 6) is 0. The average molecular weight is 161 g/mol. The minimum atomic E-state index is -0.609. The van der Waals surface area contributed by atoms with Crippen molar-refractivity contribution in [3.63, 3.8) is 0 Å². The third-order valence-electron chi connectivity index (χ3n) is 1.50. The van der Waals surface area contributed by atoms with E-state index in [9.17, 15) is 5.11 Å². The fourth-order valence-corrected chi connectivity index (χ4v) is 0.689. The molecule has 0 fully saturated rings. The number of aliphatic hydroxyl groups is 2. The van der Waals surface area contributed by atoms with Gasteiger partial charge in [0.05, 0.1) is 12.2 Å². The molecule has 3 N–H and O–H groups in total. The summed E-state index contributed by atoms with van der Waals surface area (Å²) >= 11 is 0. The van der Waals surface area contributed by atoms with Gasteiger partial charge in [-0.2, -0.15) is 0 Å². The molecule has 0 aromatic carbocycles. The molecule has 0 spiro atoms. The van der Waals surface area contributed by atoms with Crippen LogP contribution in [0, 0.1) is 0 Å². The largest absolute Gasteiger partial charge is 0.395 e. The molecule has 0 aromatic rings. The molecule has 0 bridgehead atoms. The number of aliphatic hydroxyl groups excluding tert-OH is 1. The Morgan fingerprint density at radius 3 is 2.36 bits per heavy atom. The molecular weight excluding hydrogens is 142 g/mol. The van der Waals surface area contributed by atoms with E-state index in [-0.39, 0.29) is 12.6 Å². The van der Waals surface area contributed by atoms with E-state index >= 15 is 0 Å². The van der Waals surface area contributed by atoms with Crippen LogP contribution in [0.5, 0.6) is 0 Å². The molecule has 0 aliphatic carbocycles. The summed E-state index contributed by atoms with van der Waals surface area (Å²) in [4.78, 5) is 0. The zero-order chi connectivity index (χ0) is 8.91. The van der Waals surface area contributed by atoms with E-state index in [1.165, 1.54) is 0 Å². The molecule has 11 heavy (non-hydrogen) atoms. The minimum Gasteiger partial charge on any atom is -0.395 e. The molecule has 0 aliphatic heterocycles. The fraction of sp³-hybridized carbons (Fsp3) is 1.00. The minimum absolute atomic E-state index is 0.123. The highest BCUT2D eigenvalue weighted by molar-refractivity contribution is 4.68. The van der Waals surface area contributed by atoms with Crippen LogP contribution in [0.15, 0.2) is 0 Å². The molecule has 0 radical (unpaired) electrons. The summed E-state index contributed by atoms with van der Waals surface area (Å²) in [5.41, 5.74) is -0.609. The molecule has 0 aromatic heterocycles. The van der Waals surface area contributed by atoms with E-state index < -0.39 is 5.60 Å². The van der Waals surface area contributed by atoms with Crippen LogP contribution in [-0.2, 0) is 0 Å². The van der Waals surface area contributed by atoms with Crippen molar-refractivity contribution in [2.24, 2.45) is 0 Å². The highest BCUT2D eigenvalue weighted by Crippen LogP contribution is 2.04. The fourth-order valence-electron chi connectivity index (χ4n) is 0.689. The standard InChI is InChI=1S/C8H19NO2/c1-7(6-10)9-5-4-8(2,3)11/h7,9-11H,4-6H2,1-3H3. The third kappa shape index (κ3) is 7.78. The smallest absolute Gasteiger partial charge is 0.0603 e. The lowest BCUT2D eigenvalue weighted by Gasteiger charge is -2.18. The highest BCUT2D eigenvalue weighted by Gasteiger charge is 2.11.